The van der Waals surface area contributed by atoms with E-state index in [1.54, 1.807) is 0 Å². The third kappa shape index (κ3) is 3.89. The Morgan fingerprint density at radius 3 is 1.50 bits per heavy atom. The third-order valence-corrected chi connectivity index (χ3v) is 3.23. The van der Waals surface area contributed by atoms with Gasteiger partial charge in [0.25, 0.3) is 0 Å². The lowest BCUT2D eigenvalue weighted by molar-refractivity contribution is -0.173. The van der Waals surface area contributed by atoms with Gasteiger partial charge in [-0.25, -0.2) is 9.59 Å². The molecular weight excluding hydrogens is 272 g/mol. The third-order valence-electron chi connectivity index (χ3n) is 3.23. The first kappa shape index (κ1) is 15.2. The monoisotopic (exact) mass is 290 g/mol. The number of hydrogen-bond acceptors (Lipinski definition) is 8. The number of esters is 2. The van der Waals surface area contributed by atoms with Gasteiger partial charge in [-0.05, 0) is 13.8 Å². The molecule has 6 unspecified atom stereocenters. The lowest BCUT2D eigenvalue weighted by Gasteiger charge is -2.15. The van der Waals surface area contributed by atoms with E-state index < -0.39 is 24.1 Å². The molecule has 0 aromatic carbocycles. The van der Waals surface area contributed by atoms with Crippen molar-refractivity contribution < 1.29 is 38.7 Å². The van der Waals surface area contributed by atoms with Crippen LogP contribution in [0.4, 0.5) is 0 Å². The van der Waals surface area contributed by atoms with Crippen LogP contribution in [0.3, 0.4) is 0 Å². The van der Waals surface area contributed by atoms with E-state index in [1.807, 2.05) is 13.8 Å². The number of carbonyl (C=O) groups excluding carboxylic acids is 2. The van der Waals surface area contributed by atoms with Gasteiger partial charge < -0.3 is 29.2 Å². The van der Waals surface area contributed by atoms with E-state index in [-0.39, 0.29) is 37.6 Å². The van der Waals surface area contributed by atoms with Gasteiger partial charge in [0, 0.05) is 0 Å². The highest BCUT2D eigenvalue weighted by Gasteiger charge is 2.39. The molecule has 2 heterocycles. The van der Waals surface area contributed by atoms with Crippen LogP contribution in [-0.2, 0) is 28.5 Å². The van der Waals surface area contributed by atoms with Gasteiger partial charge in [0.1, 0.15) is 25.4 Å². The molecular formula is C12H18O8. The van der Waals surface area contributed by atoms with Crippen molar-refractivity contribution in [3.05, 3.63) is 0 Å². The summed E-state index contributed by atoms with van der Waals surface area (Å²) in [5.41, 5.74) is 0. The maximum atomic E-state index is 11.4. The van der Waals surface area contributed by atoms with Crippen LogP contribution in [0, 0.1) is 0 Å². The first-order chi connectivity index (χ1) is 9.40. The smallest absolute Gasteiger partial charge is 0.338 e. The summed E-state index contributed by atoms with van der Waals surface area (Å²) in [6.45, 7) is 3.57. The highest BCUT2D eigenvalue weighted by atomic mass is 16.6. The summed E-state index contributed by atoms with van der Waals surface area (Å²) in [5, 5.41) is 19.0. The molecule has 0 aliphatic carbocycles. The molecule has 0 amide bonds. The first-order valence-corrected chi connectivity index (χ1v) is 6.40. The van der Waals surface area contributed by atoms with Crippen LogP contribution in [0.15, 0.2) is 0 Å². The highest BCUT2D eigenvalue weighted by molar-refractivity contribution is 5.85. The molecule has 20 heavy (non-hydrogen) atoms. The predicted octanol–water partition coefficient (Wildman–Crippen LogP) is -1.63. The van der Waals surface area contributed by atoms with E-state index in [4.69, 9.17) is 18.9 Å². The molecule has 2 rings (SSSR count). The molecule has 6 atom stereocenters. The number of hydrogen-bond donors (Lipinski definition) is 2. The Morgan fingerprint density at radius 1 is 0.950 bits per heavy atom. The van der Waals surface area contributed by atoms with E-state index in [0.717, 1.165) is 0 Å². The van der Waals surface area contributed by atoms with Crippen LogP contribution in [0.1, 0.15) is 13.8 Å². The molecule has 2 saturated heterocycles. The predicted molar refractivity (Wildman–Crippen MR) is 62.6 cm³/mol. The zero-order valence-electron chi connectivity index (χ0n) is 11.2. The molecule has 0 radical (unpaired) electrons. The molecule has 0 bridgehead atoms. The molecule has 0 aromatic heterocycles. The minimum absolute atomic E-state index is 0.00960. The van der Waals surface area contributed by atoms with E-state index in [1.165, 1.54) is 0 Å². The Labute approximate surface area is 115 Å². The fourth-order valence-corrected chi connectivity index (χ4v) is 1.57. The van der Waals surface area contributed by atoms with Crippen molar-refractivity contribution in [2.75, 3.05) is 13.2 Å². The number of aliphatic hydroxyl groups is 2. The lowest BCUT2D eigenvalue weighted by Crippen LogP contribution is -2.42. The summed E-state index contributed by atoms with van der Waals surface area (Å²) in [5.74, 6) is -2.18. The quantitative estimate of drug-likeness (QED) is 0.424. The Bertz CT molecular complexity index is 348. The largest absolute Gasteiger partial charge is 0.461 e. The summed E-state index contributed by atoms with van der Waals surface area (Å²) < 4.78 is 19.5. The standard InChI is InChI=1S/C12H18O8/c1-5-7(19-5)3-17-11(15)9(13)10(14)12(16)18-4-8-6(2)20-8/h5-10,13-14H,3-4H2,1-2H3. The van der Waals surface area contributed by atoms with Crippen molar-refractivity contribution in [3.8, 4) is 0 Å². The Balaban J connectivity index is 1.67. The average Bonchev–Trinajstić information content (AvgIpc) is 3.31. The van der Waals surface area contributed by atoms with Crippen LogP contribution in [0.2, 0.25) is 0 Å². The van der Waals surface area contributed by atoms with Crippen LogP contribution >= 0.6 is 0 Å². The van der Waals surface area contributed by atoms with Gasteiger partial charge in [-0.1, -0.05) is 0 Å². The molecule has 2 fully saturated rings. The number of aliphatic hydroxyl groups excluding tert-OH is 2. The Morgan fingerprint density at radius 2 is 1.25 bits per heavy atom. The van der Waals surface area contributed by atoms with Gasteiger partial charge >= 0.3 is 11.9 Å². The second kappa shape index (κ2) is 6.04. The molecule has 0 saturated carbocycles. The van der Waals surface area contributed by atoms with Gasteiger partial charge in [-0.15, -0.1) is 0 Å². The van der Waals surface area contributed by atoms with Crippen LogP contribution in [0.25, 0.3) is 0 Å². The minimum Gasteiger partial charge on any atom is -0.461 e. The van der Waals surface area contributed by atoms with Gasteiger partial charge in [0.2, 0.25) is 0 Å². The number of rotatable bonds is 7. The van der Waals surface area contributed by atoms with Crippen molar-refractivity contribution in [3.63, 3.8) is 0 Å². The molecule has 2 N–H and O–H groups in total. The fourth-order valence-electron chi connectivity index (χ4n) is 1.57. The van der Waals surface area contributed by atoms with Crippen LogP contribution in [-0.4, -0.2) is 72.0 Å². The number of carbonyl (C=O) groups is 2. The highest BCUT2D eigenvalue weighted by Crippen LogP contribution is 2.22. The summed E-state index contributed by atoms with van der Waals surface area (Å²) in [6.07, 6.45) is -4.32. The average molecular weight is 290 g/mol. The molecule has 8 nitrogen and oxygen atoms in total. The van der Waals surface area contributed by atoms with E-state index >= 15 is 0 Å². The second-order valence-corrected chi connectivity index (χ2v) is 4.91. The number of epoxide rings is 2. The minimum atomic E-state index is -1.98. The van der Waals surface area contributed by atoms with Crippen molar-refractivity contribution in [1.29, 1.82) is 0 Å². The zero-order chi connectivity index (χ0) is 14.9. The number of ether oxygens (including phenoxy) is 4. The summed E-state index contributed by atoms with van der Waals surface area (Å²) >= 11 is 0. The van der Waals surface area contributed by atoms with Crippen molar-refractivity contribution in [1.82, 2.24) is 0 Å². The van der Waals surface area contributed by atoms with Crippen LogP contribution < -0.4 is 0 Å². The van der Waals surface area contributed by atoms with Gasteiger partial charge in [-0.2, -0.15) is 0 Å². The van der Waals surface area contributed by atoms with Gasteiger partial charge in [-0.3, -0.25) is 0 Å². The summed E-state index contributed by atoms with van der Waals surface area (Å²) in [7, 11) is 0. The van der Waals surface area contributed by atoms with E-state index in [2.05, 4.69) is 0 Å². The SMILES string of the molecule is CC1OC1COC(=O)C(O)C(O)C(=O)OCC1OC1C. The maximum absolute atomic E-state index is 11.4. The summed E-state index contributed by atoms with van der Waals surface area (Å²) in [4.78, 5) is 22.8. The molecule has 0 aromatic rings. The first-order valence-electron chi connectivity index (χ1n) is 6.40. The topological polar surface area (TPSA) is 118 Å². The van der Waals surface area contributed by atoms with E-state index in [0.29, 0.717) is 0 Å². The van der Waals surface area contributed by atoms with Gasteiger partial charge in [0.15, 0.2) is 12.2 Å². The maximum Gasteiger partial charge on any atom is 0.338 e. The summed E-state index contributed by atoms with van der Waals surface area (Å²) in [6, 6.07) is 0. The van der Waals surface area contributed by atoms with Gasteiger partial charge in [0.05, 0.1) is 12.2 Å². The second-order valence-electron chi connectivity index (χ2n) is 4.91. The fraction of sp³-hybridized carbons (Fsp3) is 0.833. The lowest BCUT2D eigenvalue weighted by atomic mass is 10.2. The zero-order valence-corrected chi connectivity index (χ0v) is 11.2. The van der Waals surface area contributed by atoms with Crippen molar-refractivity contribution in [2.45, 2.75) is 50.5 Å². The normalized spacial score (nSPS) is 34.0. The molecule has 2 aliphatic rings. The van der Waals surface area contributed by atoms with Crippen LogP contribution in [0.5, 0.6) is 0 Å². The Kier molecular flexibility index (Phi) is 4.59. The van der Waals surface area contributed by atoms with Crippen molar-refractivity contribution >= 4 is 11.9 Å². The Hall–Kier alpha value is -1.22. The van der Waals surface area contributed by atoms with Crippen molar-refractivity contribution in [2.24, 2.45) is 0 Å². The molecule has 8 heteroatoms. The molecule has 114 valence electrons. The molecule has 2 aliphatic heterocycles. The molecule has 0 spiro atoms. The van der Waals surface area contributed by atoms with E-state index in [9.17, 15) is 19.8 Å².